The Bertz CT molecular complexity index is 827. The fraction of sp³-hybridized carbons (Fsp3) is 0.235. The monoisotopic (exact) mass is 337 g/mol. The van der Waals surface area contributed by atoms with Gasteiger partial charge in [0.05, 0.1) is 23.7 Å². The second-order valence-electron chi connectivity index (χ2n) is 5.53. The van der Waals surface area contributed by atoms with E-state index in [1.807, 2.05) is 0 Å². The highest BCUT2D eigenvalue weighted by atomic mass is 16.4. The summed E-state index contributed by atoms with van der Waals surface area (Å²) in [5.74, 6) is -0.502. The van der Waals surface area contributed by atoms with Gasteiger partial charge in [-0.05, 0) is 24.3 Å². The van der Waals surface area contributed by atoms with Crippen LogP contribution in [0.3, 0.4) is 0 Å². The summed E-state index contributed by atoms with van der Waals surface area (Å²) in [6.45, 7) is 1.09. The topological polar surface area (TPSA) is 110 Å². The van der Waals surface area contributed by atoms with Gasteiger partial charge in [0.15, 0.2) is 5.82 Å². The lowest BCUT2D eigenvalue weighted by Gasteiger charge is -2.17. The predicted octanol–water partition coefficient (Wildman–Crippen LogP) is 1.73. The number of anilines is 1. The standard InChI is InChI=1S/C17H15N5O3/c18-11-12-1-3-13(4-2-12)14-5-6-15(20-19-14)22-10-9-21(17(22)25)8-7-16(23)24/h1-6H,7-10H2,(H,23,24). The first kappa shape index (κ1) is 16.4. The van der Waals surface area contributed by atoms with E-state index in [9.17, 15) is 9.59 Å². The Kier molecular flexibility index (Phi) is 4.57. The third-order valence-electron chi connectivity index (χ3n) is 3.93. The summed E-state index contributed by atoms with van der Waals surface area (Å²) >= 11 is 0. The summed E-state index contributed by atoms with van der Waals surface area (Å²) in [7, 11) is 0. The Morgan fingerprint density at radius 2 is 1.92 bits per heavy atom. The van der Waals surface area contributed by atoms with Crippen LogP contribution in [0.1, 0.15) is 12.0 Å². The van der Waals surface area contributed by atoms with Gasteiger partial charge in [-0.25, -0.2) is 4.79 Å². The average molecular weight is 337 g/mol. The number of nitriles is 1. The van der Waals surface area contributed by atoms with Crippen molar-refractivity contribution in [2.24, 2.45) is 0 Å². The highest BCUT2D eigenvalue weighted by Crippen LogP contribution is 2.21. The van der Waals surface area contributed by atoms with Crippen LogP contribution in [0.15, 0.2) is 36.4 Å². The third-order valence-corrected chi connectivity index (χ3v) is 3.93. The predicted molar refractivity (Wildman–Crippen MR) is 88.8 cm³/mol. The lowest BCUT2D eigenvalue weighted by molar-refractivity contribution is -0.137. The second kappa shape index (κ2) is 6.97. The molecule has 8 heteroatoms. The van der Waals surface area contributed by atoms with Gasteiger partial charge in [0, 0.05) is 25.2 Å². The van der Waals surface area contributed by atoms with Gasteiger partial charge in [0.2, 0.25) is 0 Å². The maximum atomic E-state index is 12.3. The largest absolute Gasteiger partial charge is 0.481 e. The molecule has 8 nitrogen and oxygen atoms in total. The minimum Gasteiger partial charge on any atom is -0.481 e. The molecule has 1 aromatic carbocycles. The second-order valence-corrected chi connectivity index (χ2v) is 5.53. The van der Waals surface area contributed by atoms with Gasteiger partial charge in [-0.3, -0.25) is 9.69 Å². The Morgan fingerprint density at radius 1 is 1.16 bits per heavy atom. The van der Waals surface area contributed by atoms with Gasteiger partial charge < -0.3 is 10.0 Å². The summed E-state index contributed by atoms with van der Waals surface area (Å²) in [4.78, 5) is 25.9. The number of benzene rings is 1. The van der Waals surface area contributed by atoms with Crippen LogP contribution < -0.4 is 4.90 Å². The Morgan fingerprint density at radius 3 is 2.52 bits per heavy atom. The first-order valence-corrected chi connectivity index (χ1v) is 7.71. The van der Waals surface area contributed by atoms with E-state index in [2.05, 4.69) is 16.3 Å². The van der Waals surface area contributed by atoms with Crippen molar-refractivity contribution in [3.63, 3.8) is 0 Å². The van der Waals surface area contributed by atoms with Gasteiger partial charge in [0.1, 0.15) is 0 Å². The fourth-order valence-electron chi connectivity index (χ4n) is 2.57. The summed E-state index contributed by atoms with van der Waals surface area (Å²) < 4.78 is 0. The number of nitrogens with zero attached hydrogens (tertiary/aromatic N) is 5. The van der Waals surface area contributed by atoms with E-state index in [0.29, 0.717) is 30.2 Å². The van der Waals surface area contributed by atoms with Crippen LogP contribution in [0.2, 0.25) is 0 Å². The molecule has 1 aromatic heterocycles. The Hall–Kier alpha value is -3.47. The number of rotatable bonds is 5. The number of carboxylic acids is 1. The molecular formula is C17H15N5O3. The minimum atomic E-state index is -0.933. The van der Waals surface area contributed by atoms with Crippen LogP contribution in [-0.2, 0) is 4.79 Å². The minimum absolute atomic E-state index is 0.0805. The Balaban J connectivity index is 1.71. The quantitative estimate of drug-likeness (QED) is 0.889. The molecule has 1 N–H and O–H groups in total. The van der Waals surface area contributed by atoms with Crippen molar-refractivity contribution in [3.8, 4) is 17.3 Å². The molecule has 1 aliphatic heterocycles. The van der Waals surface area contributed by atoms with Crippen molar-refractivity contribution in [2.45, 2.75) is 6.42 Å². The fourth-order valence-corrected chi connectivity index (χ4v) is 2.57. The number of aromatic nitrogens is 2. The van der Waals surface area contributed by atoms with E-state index in [1.165, 1.54) is 9.80 Å². The van der Waals surface area contributed by atoms with Crippen LogP contribution in [0.4, 0.5) is 10.6 Å². The molecule has 2 aromatic rings. The van der Waals surface area contributed by atoms with E-state index in [-0.39, 0.29) is 19.0 Å². The molecule has 0 spiro atoms. The molecule has 2 heterocycles. The molecule has 0 saturated carbocycles. The molecule has 126 valence electrons. The molecule has 25 heavy (non-hydrogen) atoms. The van der Waals surface area contributed by atoms with Gasteiger partial charge in [0.25, 0.3) is 0 Å². The maximum Gasteiger partial charge on any atom is 0.325 e. The van der Waals surface area contributed by atoms with Crippen LogP contribution in [0.25, 0.3) is 11.3 Å². The van der Waals surface area contributed by atoms with Crippen LogP contribution in [0.5, 0.6) is 0 Å². The molecular weight excluding hydrogens is 322 g/mol. The molecule has 0 aliphatic carbocycles. The normalized spacial score (nSPS) is 13.8. The molecule has 3 rings (SSSR count). The van der Waals surface area contributed by atoms with E-state index in [0.717, 1.165) is 5.56 Å². The molecule has 1 fully saturated rings. The van der Waals surface area contributed by atoms with Crippen molar-refractivity contribution in [1.82, 2.24) is 15.1 Å². The Labute approximate surface area is 143 Å². The zero-order valence-electron chi connectivity index (χ0n) is 13.3. The number of hydrogen-bond donors (Lipinski definition) is 1. The SMILES string of the molecule is N#Cc1ccc(-c2ccc(N3CCN(CCC(=O)O)C3=O)nn2)cc1. The summed E-state index contributed by atoms with van der Waals surface area (Å²) in [5, 5.41) is 25.8. The first-order chi connectivity index (χ1) is 12.1. The van der Waals surface area contributed by atoms with E-state index in [4.69, 9.17) is 10.4 Å². The molecule has 1 aliphatic rings. The first-order valence-electron chi connectivity index (χ1n) is 7.71. The maximum absolute atomic E-state index is 12.3. The lowest BCUT2D eigenvalue weighted by atomic mass is 10.1. The molecule has 0 bridgehead atoms. The van der Waals surface area contributed by atoms with E-state index >= 15 is 0 Å². The van der Waals surface area contributed by atoms with Crippen molar-refractivity contribution in [3.05, 3.63) is 42.0 Å². The van der Waals surface area contributed by atoms with Gasteiger partial charge in [-0.1, -0.05) is 12.1 Å². The molecule has 0 atom stereocenters. The van der Waals surface area contributed by atoms with Gasteiger partial charge >= 0.3 is 12.0 Å². The number of carbonyl (C=O) groups excluding carboxylic acids is 1. The highest BCUT2D eigenvalue weighted by Gasteiger charge is 2.30. The molecule has 0 unspecified atom stereocenters. The smallest absolute Gasteiger partial charge is 0.325 e. The number of carbonyl (C=O) groups is 2. The molecule has 2 amide bonds. The van der Waals surface area contributed by atoms with E-state index < -0.39 is 5.97 Å². The number of urea groups is 1. The summed E-state index contributed by atoms with van der Waals surface area (Å²) in [6, 6.07) is 12.2. The zero-order chi connectivity index (χ0) is 17.8. The third kappa shape index (κ3) is 3.55. The van der Waals surface area contributed by atoms with Gasteiger partial charge in [-0.2, -0.15) is 5.26 Å². The van der Waals surface area contributed by atoms with Crippen LogP contribution in [0, 0.1) is 11.3 Å². The van der Waals surface area contributed by atoms with Crippen molar-refractivity contribution >= 4 is 17.8 Å². The van der Waals surface area contributed by atoms with Crippen LogP contribution >= 0.6 is 0 Å². The molecule has 1 saturated heterocycles. The lowest BCUT2D eigenvalue weighted by Crippen LogP contribution is -2.33. The summed E-state index contributed by atoms with van der Waals surface area (Å²) in [5.41, 5.74) is 2.04. The van der Waals surface area contributed by atoms with Crippen LogP contribution in [-0.4, -0.2) is 51.8 Å². The van der Waals surface area contributed by atoms with Crippen molar-refractivity contribution in [2.75, 3.05) is 24.5 Å². The van der Waals surface area contributed by atoms with Gasteiger partial charge in [-0.15, -0.1) is 10.2 Å². The molecule has 0 radical (unpaired) electrons. The number of hydrogen-bond acceptors (Lipinski definition) is 5. The highest BCUT2D eigenvalue weighted by molar-refractivity contribution is 5.93. The number of carboxylic acid groups (broad SMARTS) is 1. The van der Waals surface area contributed by atoms with Crippen molar-refractivity contribution < 1.29 is 14.7 Å². The van der Waals surface area contributed by atoms with E-state index in [1.54, 1.807) is 36.4 Å². The van der Waals surface area contributed by atoms with Crippen molar-refractivity contribution in [1.29, 1.82) is 5.26 Å². The average Bonchev–Trinajstić information content (AvgIpc) is 3.01. The number of aliphatic carboxylic acids is 1. The number of amides is 2. The summed E-state index contributed by atoms with van der Waals surface area (Å²) in [6.07, 6.45) is -0.0805. The zero-order valence-corrected chi connectivity index (χ0v) is 13.3.